The maximum absolute atomic E-state index is 13.1. The number of nitrogen functional groups attached to an aromatic ring is 1. The van der Waals surface area contributed by atoms with Crippen LogP contribution in [0.2, 0.25) is 0 Å². The molecule has 0 aliphatic carbocycles. The molecule has 0 saturated carbocycles. The first kappa shape index (κ1) is 23.8. The number of nitrogens with two attached hydrogens (primary N) is 1. The van der Waals surface area contributed by atoms with Crippen LogP contribution in [0.25, 0.3) is 0 Å². The van der Waals surface area contributed by atoms with Gasteiger partial charge in [-0.3, -0.25) is 14.5 Å². The highest BCUT2D eigenvalue weighted by Crippen LogP contribution is 2.43. The first-order chi connectivity index (χ1) is 16.7. The summed E-state index contributed by atoms with van der Waals surface area (Å²) in [5.74, 6) is -1.15. The van der Waals surface area contributed by atoms with Crippen LogP contribution in [-0.4, -0.2) is 93.4 Å². The van der Waals surface area contributed by atoms with E-state index in [1.54, 1.807) is 5.38 Å². The molecule has 5 aliphatic rings. The molecule has 0 unspecified atom stereocenters. The van der Waals surface area contributed by atoms with E-state index in [-0.39, 0.29) is 22.2 Å². The second-order valence-corrected chi connectivity index (χ2v) is 11.3. The summed E-state index contributed by atoms with van der Waals surface area (Å²) in [5, 5.41) is 17.8. The molecule has 11 nitrogen and oxygen atoms in total. The number of piperidine rings is 3. The van der Waals surface area contributed by atoms with Crippen molar-refractivity contribution in [1.29, 1.82) is 0 Å². The lowest BCUT2D eigenvalue weighted by Crippen LogP contribution is -2.71. The standard InChI is InChI=1S/C22H26N6O5S2/c1-11-7-28(5-3-12(11)4-6-28)8-13-9-34-20-16(19(30)27(20)17(13)21(31)32)25-18(29)15(26-33-2)14-10-35-22(23)24-14/h10,12,16,20H,1,3-9H2,2H3,(H3-,23,24,25,29,31,32)/p+1/b26-15-/t12?,16-,20-,28?/m1/s1. The van der Waals surface area contributed by atoms with E-state index in [4.69, 9.17) is 10.6 Å². The van der Waals surface area contributed by atoms with Gasteiger partial charge in [0.05, 0.1) is 13.1 Å². The number of rotatable bonds is 7. The van der Waals surface area contributed by atoms with Gasteiger partial charge in [0, 0.05) is 29.5 Å². The number of carbonyl (C=O) groups is 3. The lowest BCUT2D eigenvalue weighted by atomic mass is 9.82. The zero-order chi connectivity index (χ0) is 24.9. The molecule has 4 N–H and O–H groups in total. The van der Waals surface area contributed by atoms with E-state index < -0.39 is 29.2 Å². The number of amides is 2. The number of carbonyl (C=O) groups excluding carboxylic acids is 2. The van der Waals surface area contributed by atoms with Crippen molar-refractivity contribution in [3.05, 3.63) is 34.5 Å². The zero-order valence-electron chi connectivity index (χ0n) is 19.2. The molecular weight excluding hydrogens is 492 g/mol. The monoisotopic (exact) mass is 519 g/mol. The van der Waals surface area contributed by atoms with Crippen molar-refractivity contribution < 1.29 is 28.8 Å². The molecular formula is C22H27N6O5S2+. The number of nitrogens with one attached hydrogen (secondary N) is 1. The number of thioether (sulfide) groups is 1. The number of aliphatic carboxylic acids is 1. The molecule has 186 valence electrons. The number of carboxylic acid groups (broad SMARTS) is 1. The molecule has 4 fully saturated rings. The van der Waals surface area contributed by atoms with Crippen molar-refractivity contribution in [2.45, 2.75) is 24.3 Å². The number of oxime groups is 1. The van der Waals surface area contributed by atoms with Crippen LogP contribution < -0.4 is 11.1 Å². The largest absolute Gasteiger partial charge is 0.477 e. The van der Waals surface area contributed by atoms with Crippen LogP contribution in [0.3, 0.4) is 0 Å². The minimum Gasteiger partial charge on any atom is -0.477 e. The average molecular weight is 520 g/mol. The number of quaternary nitrogens is 1. The van der Waals surface area contributed by atoms with Gasteiger partial charge in [-0.25, -0.2) is 9.78 Å². The summed E-state index contributed by atoms with van der Waals surface area (Å²) in [7, 11) is 1.30. The Bertz CT molecular complexity index is 1170. The van der Waals surface area contributed by atoms with Gasteiger partial charge in [-0.15, -0.1) is 23.1 Å². The lowest BCUT2D eigenvalue weighted by molar-refractivity contribution is -0.931. The number of aromatic nitrogens is 1. The SMILES string of the molecule is C=C1C[N+]2(CC3=C(C(=O)O)N4C(=O)[C@@H](NC(=O)/C(=N\OC)c5csc(N)n5)[C@H]4SC3)CCC1CC2. The molecule has 1 aromatic heterocycles. The molecule has 2 amide bonds. The van der Waals surface area contributed by atoms with Crippen LogP contribution in [0.4, 0.5) is 5.13 Å². The topological polar surface area (TPSA) is 147 Å². The highest BCUT2D eigenvalue weighted by Gasteiger charge is 2.55. The van der Waals surface area contributed by atoms with Gasteiger partial charge in [0.15, 0.2) is 10.8 Å². The molecule has 35 heavy (non-hydrogen) atoms. The van der Waals surface area contributed by atoms with Gasteiger partial charge in [0.1, 0.15) is 43.0 Å². The van der Waals surface area contributed by atoms with E-state index in [1.165, 1.54) is 29.3 Å². The minimum atomic E-state index is -1.12. The molecule has 2 bridgehead atoms. The first-order valence-corrected chi connectivity index (χ1v) is 13.2. The van der Waals surface area contributed by atoms with Gasteiger partial charge in [0.25, 0.3) is 11.8 Å². The summed E-state index contributed by atoms with van der Waals surface area (Å²) in [6.07, 6.45) is 2.16. The predicted molar refractivity (Wildman–Crippen MR) is 131 cm³/mol. The number of carboxylic acids is 1. The summed E-state index contributed by atoms with van der Waals surface area (Å²) in [5.41, 5.74) is 7.86. The van der Waals surface area contributed by atoms with Gasteiger partial charge in [-0.2, -0.15) is 0 Å². The van der Waals surface area contributed by atoms with Gasteiger partial charge in [-0.1, -0.05) is 11.7 Å². The molecule has 2 atom stereocenters. The Kier molecular flexibility index (Phi) is 6.09. The average Bonchev–Trinajstić information content (AvgIpc) is 3.26. The molecule has 0 radical (unpaired) electrons. The molecule has 1 aromatic rings. The first-order valence-electron chi connectivity index (χ1n) is 11.3. The number of nitrogens with zero attached hydrogens (tertiary/aromatic N) is 4. The van der Waals surface area contributed by atoms with Crippen LogP contribution in [0.5, 0.6) is 0 Å². The lowest BCUT2D eigenvalue weighted by Gasteiger charge is -2.53. The summed E-state index contributed by atoms with van der Waals surface area (Å²) in [6.45, 7) is 7.71. The van der Waals surface area contributed by atoms with Crippen LogP contribution in [0.1, 0.15) is 18.5 Å². The number of β-lactam (4-membered cyclic amide) rings is 1. The molecule has 5 aliphatic heterocycles. The fourth-order valence-corrected chi connectivity index (χ4v) is 7.45. The maximum atomic E-state index is 13.1. The molecule has 6 heterocycles. The molecule has 0 aromatic carbocycles. The van der Waals surface area contributed by atoms with Gasteiger partial charge >= 0.3 is 5.97 Å². The molecule has 4 saturated heterocycles. The summed E-state index contributed by atoms with van der Waals surface area (Å²) in [4.78, 5) is 48.4. The van der Waals surface area contributed by atoms with Crippen molar-refractivity contribution in [2.24, 2.45) is 11.1 Å². The third-order valence-electron chi connectivity index (χ3n) is 7.24. The van der Waals surface area contributed by atoms with Crippen molar-refractivity contribution in [3.8, 4) is 0 Å². The highest BCUT2D eigenvalue weighted by molar-refractivity contribution is 8.00. The van der Waals surface area contributed by atoms with Crippen molar-refractivity contribution in [2.75, 3.05) is 44.8 Å². The van der Waals surface area contributed by atoms with E-state index in [9.17, 15) is 19.5 Å². The highest BCUT2D eigenvalue weighted by atomic mass is 32.2. The minimum absolute atomic E-state index is 0.0492. The number of thiazole rings is 1. The van der Waals surface area contributed by atoms with Crippen LogP contribution in [0.15, 0.2) is 34.0 Å². The Labute approximate surface area is 210 Å². The van der Waals surface area contributed by atoms with Gasteiger partial charge < -0.3 is 25.5 Å². The smallest absolute Gasteiger partial charge is 0.352 e. The fraction of sp³-hybridized carbons (Fsp3) is 0.500. The summed E-state index contributed by atoms with van der Waals surface area (Å²) < 4.78 is 0.808. The molecule has 6 rings (SSSR count). The van der Waals surface area contributed by atoms with Gasteiger partial charge in [0.2, 0.25) is 0 Å². The van der Waals surface area contributed by atoms with Crippen molar-refractivity contribution >= 4 is 51.7 Å². The van der Waals surface area contributed by atoms with Crippen molar-refractivity contribution in [3.63, 3.8) is 0 Å². The summed E-state index contributed by atoms with van der Waals surface area (Å²) >= 11 is 2.61. The Morgan fingerprint density at radius 3 is 2.77 bits per heavy atom. The number of fused-ring (bicyclic) bond motifs is 4. The zero-order valence-corrected chi connectivity index (χ0v) is 20.9. The van der Waals surface area contributed by atoms with Crippen LogP contribution in [0, 0.1) is 5.92 Å². The van der Waals surface area contributed by atoms with E-state index in [2.05, 4.69) is 22.0 Å². The van der Waals surface area contributed by atoms with E-state index in [0.29, 0.717) is 18.2 Å². The number of anilines is 1. The van der Waals surface area contributed by atoms with E-state index >= 15 is 0 Å². The van der Waals surface area contributed by atoms with E-state index in [1.807, 2.05) is 0 Å². The number of hydrogen-bond donors (Lipinski definition) is 3. The van der Waals surface area contributed by atoms with Crippen molar-refractivity contribution in [1.82, 2.24) is 15.2 Å². The Balaban J connectivity index is 1.34. The fourth-order valence-electron chi connectivity index (χ4n) is 5.57. The predicted octanol–water partition coefficient (Wildman–Crippen LogP) is 0.611. The maximum Gasteiger partial charge on any atom is 0.352 e. The Morgan fingerprint density at radius 1 is 1.43 bits per heavy atom. The normalized spacial score (nSPS) is 30.1. The Hall–Kier alpha value is -2.90. The Morgan fingerprint density at radius 2 is 2.17 bits per heavy atom. The third kappa shape index (κ3) is 4.10. The molecule has 13 heteroatoms. The second-order valence-electron chi connectivity index (χ2n) is 9.35. The number of hydrogen-bond acceptors (Lipinski definition) is 9. The second kappa shape index (κ2) is 8.95. The van der Waals surface area contributed by atoms with Crippen LogP contribution in [-0.2, 0) is 19.2 Å². The quantitative estimate of drug-likeness (QED) is 0.156. The molecule has 0 spiro atoms. The third-order valence-corrected chi connectivity index (χ3v) is 9.26. The van der Waals surface area contributed by atoms with E-state index in [0.717, 1.165) is 53.9 Å². The van der Waals surface area contributed by atoms with Crippen LogP contribution >= 0.6 is 23.1 Å². The van der Waals surface area contributed by atoms with Gasteiger partial charge in [-0.05, 0) is 11.5 Å². The summed E-state index contributed by atoms with van der Waals surface area (Å²) in [6, 6.07) is -0.876.